The molecule has 3 aromatic carbocycles. The number of methoxy groups -OCH3 is 1. The van der Waals surface area contributed by atoms with Gasteiger partial charge in [0, 0.05) is 3.57 Å². The van der Waals surface area contributed by atoms with Crippen molar-refractivity contribution in [1.29, 1.82) is 0 Å². The summed E-state index contributed by atoms with van der Waals surface area (Å²) >= 11 is 2.08. The molecule has 8 heteroatoms. The van der Waals surface area contributed by atoms with Gasteiger partial charge in [-0.15, -0.1) is 10.2 Å². The zero-order chi connectivity index (χ0) is 20.6. The van der Waals surface area contributed by atoms with E-state index in [1.807, 2.05) is 12.1 Å². The van der Waals surface area contributed by atoms with Crippen LogP contribution in [0.15, 0.2) is 83.0 Å². The number of anilines is 1. The number of halogens is 1. The number of nitrogens with one attached hydrogen (secondary N) is 1. The molecule has 0 aliphatic rings. The molecule has 1 amide bonds. The number of azo groups is 1. The third-order valence-corrected chi connectivity index (χ3v) is 4.74. The fourth-order valence-corrected chi connectivity index (χ4v) is 2.92. The molecule has 0 bridgehead atoms. The number of rotatable bonds is 6. The number of carbonyl (C=O) groups is 2. The maximum Gasteiger partial charge on any atom is 0.362 e. The Hall–Kier alpha value is -3.27. The maximum absolute atomic E-state index is 12.1. The Labute approximate surface area is 180 Å². The molecule has 7 nitrogen and oxygen atoms in total. The van der Waals surface area contributed by atoms with Crippen LogP contribution in [-0.2, 0) is 4.84 Å². The molecule has 3 rings (SSSR count). The van der Waals surface area contributed by atoms with Gasteiger partial charge in [-0.1, -0.05) is 18.2 Å². The predicted molar refractivity (Wildman–Crippen MR) is 116 cm³/mol. The molecule has 0 atom stereocenters. The Morgan fingerprint density at radius 3 is 2.45 bits per heavy atom. The Bertz CT molecular complexity index is 1050. The number of ether oxygens (including phenoxy) is 1. The molecular formula is C21H16IN3O4. The van der Waals surface area contributed by atoms with Gasteiger partial charge in [0.05, 0.1) is 29.6 Å². The molecule has 146 valence electrons. The third-order valence-electron chi connectivity index (χ3n) is 3.79. The second-order valence-corrected chi connectivity index (χ2v) is 6.92. The van der Waals surface area contributed by atoms with Gasteiger partial charge in [0.2, 0.25) is 0 Å². The molecule has 0 saturated carbocycles. The summed E-state index contributed by atoms with van der Waals surface area (Å²) in [5.41, 5.74) is 4.47. The Morgan fingerprint density at radius 2 is 1.72 bits per heavy atom. The van der Waals surface area contributed by atoms with Crippen LogP contribution in [0.2, 0.25) is 0 Å². The molecule has 29 heavy (non-hydrogen) atoms. The summed E-state index contributed by atoms with van der Waals surface area (Å²) in [6.07, 6.45) is 0. The van der Waals surface area contributed by atoms with E-state index in [-0.39, 0.29) is 0 Å². The lowest BCUT2D eigenvalue weighted by Gasteiger charge is -2.07. The summed E-state index contributed by atoms with van der Waals surface area (Å²) in [4.78, 5) is 29.3. The molecule has 0 spiro atoms. The van der Waals surface area contributed by atoms with Crippen molar-refractivity contribution in [3.05, 3.63) is 87.5 Å². The Balaban J connectivity index is 1.58. The lowest BCUT2D eigenvalue weighted by molar-refractivity contribution is 0.0596. The first kappa shape index (κ1) is 20.5. The fraction of sp³-hybridized carbons (Fsp3) is 0.0476. The van der Waals surface area contributed by atoms with Crippen molar-refractivity contribution in [2.45, 2.75) is 0 Å². The van der Waals surface area contributed by atoms with Gasteiger partial charge in [-0.3, -0.25) is 4.79 Å². The minimum Gasteiger partial charge on any atom is -0.497 e. The highest BCUT2D eigenvalue weighted by Crippen LogP contribution is 2.19. The Morgan fingerprint density at radius 1 is 0.966 bits per heavy atom. The topological polar surface area (TPSA) is 89.3 Å². The van der Waals surface area contributed by atoms with Gasteiger partial charge < -0.3 is 9.57 Å². The quantitative estimate of drug-likeness (QED) is 0.277. The van der Waals surface area contributed by atoms with Crippen molar-refractivity contribution in [2.75, 3.05) is 12.6 Å². The van der Waals surface area contributed by atoms with Crippen molar-refractivity contribution in [3.63, 3.8) is 0 Å². The average molecular weight is 501 g/mol. The summed E-state index contributed by atoms with van der Waals surface area (Å²) in [6.45, 7) is 0. The number of amides is 1. The average Bonchev–Trinajstić information content (AvgIpc) is 2.77. The van der Waals surface area contributed by atoms with Crippen molar-refractivity contribution >= 4 is 45.8 Å². The molecule has 0 heterocycles. The highest BCUT2D eigenvalue weighted by Gasteiger charge is 2.09. The summed E-state index contributed by atoms with van der Waals surface area (Å²) in [5, 5.41) is 7.70. The smallest absolute Gasteiger partial charge is 0.362 e. The molecule has 0 fully saturated rings. The largest absolute Gasteiger partial charge is 0.497 e. The van der Waals surface area contributed by atoms with Gasteiger partial charge in [0.1, 0.15) is 5.75 Å². The van der Waals surface area contributed by atoms with Crippen LogP contribution in [0.3, 0.4) is 0 Å². The molecule has 0 radical (unpaired) electrons. The number of benzene rings is 3. The van der Waals surface area contributed by atoms with Crippen LogP contribution in [0, 0.1) is 3.57 Å². The SMILES string of the molecule is COc1cccc(C(=O)ONc2ccc(N=NC(=O)c3ccccc3I)cc2)c1. The fourth-order valence-electron chi connectivity index (χ4n) is 2.30. The van der Waals surface area contributed by atoms with E-state index >= 15 is 0 Å². The highest BCUT2D eigenvalue weighted by molar-refractivity contribution is 14.1. The summed E-state index contributed by atoms with van der Waals surface area (Å²) in [6, 6.07) is 20.4. The van der Waals surface area contributed by atoms with Gasteiger partial charge in [-0.25, -0.2) is 10.3 Å². The number of carbonyl (C=O) groups excluding carboxylic acids is 2. The number of hydrogen-bond donors (Lipinski definition) is 1. The Kier molecular flexibility index (Phi) is 6.90. The van der Waals surface area contributed by atoms with Crippen LogP contribution in [0.4, 0.5) is 11.4 Å². The van der Waals surface area contributed by atoms with E-state index in [2.05, 4.69) is 38.3 Å². The third kappa shape index (κ3) is 5.61. The van der Waals surface area contributed by atoms with Crippen LogP contribution in [0.1, 0.15) is 20.7 Å². The normalized spacial score (nSPS) is 10.6. The molecule has 3 aromatic rings. The first-order chi connectivity index (χ1) is 14.1. The van der Waals surface area contributed by atoms with Crippen molar-refractivity contribution in [3.8, 4) is 5.75 Å². The van der Waals surface area contributed by atoms with E-state index in [4.69, 9.17) is 9.57 Å². The zero-order valence-electron chi connectivity index (χ0n) is 15.3. The summed E-state index contributed by atoms with van der Waals surface area (Å²) in [7, 11) is 1.52. The summed E-state index contributed by atoms with van der Waals surface area (Å²) in [5.74, 6) is -0.394. The monoisotopic (exact) mass is 501 g/mol. The predicted octanol–water partition coefficient (Wildman–Crippen LogP) is 5.41. The van der Waals surface area contributed by atoms with Gasteiger partial charge >= 0.3 is 5.97 Å². The van der Waals surface area contributed by atoms with E-state index in [9.17, 15) is 9.59 Å². The highest BCUT2D eigenvalue weighted by atomic mass is 127. The molecule has 0 aliphatic heterocycles. The van der Waals surface area contributed by atoms with E-state index in [1.165, 1.54) is 7.11 Å². The van der Waals surface area contributed by atoms with E-state index in [1.54, 1.807) is 60.7 Å². The van der Waals surface area contributed by atoms with E-state index in [0.717, 1.165) is 3.57 Å². The van der Waals surface area contributed by atoms with Gasteiger partial charge in [0.15, 0.2) is 0 Å². The molecule has 0 unspecified atom stereocenters. The standard InChI is InChI=1S/C21H16IN3O4/c1-28-17-6-4-5-14(13-17)21(27)29-25-16-11-9-15(10-12-16)23-24-20(26)18-7-2-3-8-19(18)22/h2-13,25H,1H3. The molecule has 0 saturated heterocycles. The van der Waals surface area contributed by atoms with E-state index in [0.29, 0.717) is 28.3 Å². The van der Waals surface area contributed by atoms with Crippen LogP contribution in [0.5, 0.6) is 5.75 Å². The van der Waals surface area contributed by atoms with Crippen LogP contribution in [-0.4, -0.2) is 19.0 Å². The minimum absolute atomic E-state index is 0.358. The second-order valence-electron chi connectivity index (χ2n) is 5.76. The van der Waals surface area contributed by atoms with Gasteiger partial charge in [0.25, 0.3) is 5.91 Å². The molecule has 0 aliphatic carbocycles. The summed E-state index contributed by atoms with van der Waals surface area (Å²) < 4.78 is 5.90. The minimum atomic E-state index is -0.546. The molecular weight excluding hydrogens is 485 g/mol. The van der Waals surface area contributed by atoms with Gasteiger partial charge in [-0.05, 0) is 77.2 Å². The molecule has 0 aromatic heterocycles. The number of nitrogens with zero attached hydrogens (tertiary/aromatic N) is 2. The first-order valence-electron chi connectivity index (χ1n) is 8.49. The van der Waals surface area contributed by atoms with Crippen LogP contribution in [0.25, 0.3) is 0 Å². The number of hydrogen-bond acceptors (Lipinski definition) is 6. The van der Waals surface area contributed by atoms with Crippen molar-refractivity contribution < 1.29 is 19.2 Å². The molecule has 1 N–H and O–H groups in total. The zero-order valence-corrected chi connectivity index (χ0v) is 17.5. The maximum atomic E-state index is 12.1. The van der Waals surface area contributed by atoms with Crippen LogP contribution < -0.4 is 10.2 Å². The van der Waals surface area contributed by atoms with Gasteiger partial charge in [-0.2, -0.15) is 0 Å². The van der Waals surface area contributed by atoms with E-state index < -0.39 is 11.9 Å². The lowest BCUT2D eigenvalue weighted by Crippen LogP contribution is -2.10. The second kappa shape index (κ2) is 9.78. The van der Waals surface area contributed by atoms with Crippen molar-refractivity contribution in [2.24, 2.45) is 10.2 Å². The van der Waals surface area contributed by atoms with Crippen LogP contribution >= 0.6 is 22.6 Å². The first-order valence-corrected chi connectivity index (χ1v) is 9.56. The lowest BCUT2D eigenvalue weighted by atomic mass is 10.2. The van der Waals surface area contributed by atoms with Crippen molar-refractivity contribution in [1.82, 2.24) is 0 Å².